The fraction of sp³-hybridized carbons (Fsp3) is 0.552. The molecule has 1 aromatic heterocycles. The second-order valence-corrected chi connectivity index (χ2v) is 11.8. The van der Waals surface area contributed by atoms with Gasteiger partial charge in [-0.15, -0.1) is 0 Å². The van der Waals surface area contributed by atoms with Crippen molar-refractivity contribution in [3.63, 3.8) is 0 Å². The summed E-state index contributed by atoms with van der Waals surface area (Å²) in [5.74, 6) is 1.87. The third-order valence-corrected chi connectivity index (χ3v) is 8.83. The van der Waals surface area contributed by atoms with E-state index in [2.05, 4.69) is 16.3 Å². The number of likely N-dealkylation sites (tertiary alicyclic amines) is 2. The van der Waals surface area contributed by atoms with E-state index in [-0.39, 0.29) is 29.8 Å². The highest BCUT2D eigenvalue weighted by atomic mass is 16.2. The monoisotopic (exact) mass is 528 g/mol. The number of carbonyl (C=O) groups is 2. The molecule has 1 aromatic carbocycles. The molecular formula is C29H36N8O2. The van der Waals surface area contributed by atoms with E-state index in [9.17, 15) is 14.9 Å². The Morgan fingerprint density at radius 2 is 2.03 bits per heavy atom. The normalized spacial score (nSPS) is 25.6. The SMILES string of the molecule is Cc1nc(N[C@H](C)c2cc(N)cc(C#N)c2)c2c(n1)C1(CCN(C)C1)C(=O)N([C@@H]1CCN(C(=O)C3CC3)C1)C2. The minimum atomic E-state index is -0.727. The van der Waals surface area contributed by atoms with Crippen LogP contribution in [0.2, 0.25) is 0 Å². The van der Waals surface area contributed by atoms with E-state index in [0.717, 1.165) is 42.6 Å². The number of benzene rings is 1. The van der Waals surface area contributed by atoms with Crippen LogP contribution in [0.3, 0.4) is 0 Å². The van der Waals surface area contributed by atoms with Crippen molar-refractivity contribution in [3.05, 3.63) is 46.4 Å². The maximum Gasteiger partial charge on any atom is 0.236 e. The zero-order valence-electron chi connectivity index (χ0n) is 22.9. The number of carbonyl (C=O) groups excluding carboxylic acids is 2. The standard InChI is InChI=1S/C29H36N8O2/c1-17(21-10-19(13-30)11-22(31)12-21)32-26-24-15-37(23-6-8-36(14-23)27(38)20-4-5-20)28(39)29(7-9-35(3)16-29)25(24)33-18(2)34-26/h10-12,17,20,23H,4-9,14-16,31H2,1-3H3,(H,32,33,34)/t17-,23-,29?/m1/s1. The van der Waals surface area contributed by atoms with Crippen LogP contribution < -0.4 is 11.1 Å². The minimum absolute atomic E-state index is 0.0187. The van der Waals surface area contributed by atoms with Crippen LogP contribution in [0.25, 0.3) is 0 Å². The highest BCUT2D eigenvalue weighted by Crippen LogP contribution is 2.44. The number of hydrogen-bond donors (Lipinski definition) is 2. The van der Waals surface area contributed by atoms with Crippen molar-refractivity contribution in [1.29, 1.82) is 5.26 Å². The molecule has 0 bridgehead atoms. The van der Waals surface area contributed by atoms with Crippen LogP contribution in [0, 0.1) is 24.2 Å². The van der Waals surface area contributed by atoms with Crippen LogP contribution in [-0.2, 0) is 21.5 Å². The number of rotatable bonds is 5. The summed E-state index contributed by atoms with van der Waals surface area (Å²) in [5, 5.41) is 13.0. The van der Waals surface area contributed by atoms with Crippen molar-refractivity contribution in [2.24, 2.45) is 5.92 Å². The lowest BCUT2D eigenvalue weighted by Crippen LogP contribution is -2.56. The number of hydrogen-bond acceptors (Lipinski definition) is 8. The molecule has 10 nitrogen and oxygen atoms in total. The van der Waals surface area contributed by atoms with Gasteiger partial charge in [-0.25, -0.2) is 9.97 Å². The first-order valence-electron chi connectivity index (χ1n) is 13.9. The van der Waals surface area contributed by atoms with Crippen LogP contribution in [-0.4, -0.2) is 75.8 Å². The quantitative estimate of drug-likeness (QED) is 0.566. The molecule has 2 saturated heterocycles. The van der Waals surface area contributed by atoms with E-state index in [1.165, 1.54) is 0 Å². The Hall–Kier alpha value is -3.71. The molecule has 4 aliphatic rings. The Kier molecular flexibility index (Phi) is 6.22. The molecule has 1 spiro atoms. The summed E-state index contributed by atoms with van der Waals surface area (Å²) < 4.78 is 0. The largest absolute Gasteiger partial charge is 0.399 e. The van der Waals surface area contributed by atoms with Crippen molar-refractivity contribution in [3.8, 4) is 6.07 Å². The second-order valence-electron chi connectivity index (χ2n) is 11.8. The van der Waals surface area contributed by atoms with Gasteiger partial charge in [0.2, 0.25) is 11.8 Å². The second kappa shape index (κ2) is 9.49. The van der Waals surface area contributed by atoms with Gasteiger partial charge in [0.05, 0.1) is 36.0 Å². The molecule has 39 heavy (non-hydrogen) atoms. The van der Waals surface area contributed by atoms with Crippen LogP contribution in [0.4, 0.5) is 11.5 Å². The fourth-order valence-corrected chi connectivity index (χ4v) is 6.61. The molecule has 6 rings (SSSR count). The first-order valence-corrected chi connectivity index (χ1v) is 13.9. The average molecular weight is 529 g/mol. The molecule has 1 saturated carbocycles. The number of anilines is 2. The Bertz CT molecular complexity index is 1380. The van der Waals surface area contributed by atoms with Crippen molar-refractivity contribution < 1.29 is 9.59 Å². The Labute approximate surface area is 229 Å². The predicted molar refractivity (Wildman–Crippen MR) is 146 cm³/mol. The molecule has 3 aliphatic heterocycles. The van der Waals surface area contributed by atoms with Crippen molar-refractivity contribution in [2.75, 3.05) is 44.3 Å². The topological polar surface area (TPSA) is 131 Å². The summed E-state index contributed by atoms with van der Waals surface area (Å²) in [6, 6.07) is 7.35. The smallest absolute Gasteiger partial charge is 0.236 e. The van der Waals surface area contributed by atoms with Gasteiger partial charge in [0.1, 0.15) is 17.1 Å². The molecule has 0 radical (unpaired) electrons. The van der Waals surface area contributed by atoms with Crippen molar-refractivity contribution in [2.45, 2.75) is 63.6 Å². The number of aryl methyl sites for hydroxylation is 1. The molecule has 3 N–H and O–H groups in total. The fourth-order valence-electron chi connectivity index (χ4n) is 6.61. The Balaban J connectivity index is 1.36. The van der Waals surface area contributed by atoms with E-state index in [1.54, 1.807) is 6.07 Å². The number of likely N-dealkylation sites (N-methyl/N-ethyl adjacent to an activating group) is 1. The summed E-state index contributed by atoms with van der Waals surface area (Å²) in [4.78, 5) is 43.0. The number of nitrogens with two attached hydrogens (primary N) is 1. The van der Waals surface area contributed by atoms with Crippen molar-refractivity contribution >= 4 is 23.3 Å². The molecule has 10 heteroatoms. The molecule has 204 valence electrons. The summed E-state index contributed by atoms with van der Waals surface area (Å²) in [6.07, 6.45) is 3.46. The van der Waals surface area contributed by atoms with E-state index in [0.29, 0.717) is 55.5 Å². The molecule has 2 aromatic rings. The molecular weight excluding hydrogens is 492 g/mol. The van der Waals surface area contributed by atoms with Gasteiger partial charge in [-0.05, 0) is 76.9 Å². The molecule has 4 heterocycles. The first-order chi connectivity index (χ1) is 18.7. The van der Waals surface area contributed by atoms with Crippen LogP contribution in [0.1, 0.15) is 66.9 Å². The third kappa shape index (κ3) is 4.48. The lowest BCUT2D eigenvalue weighted by Gasteiger charge is -2.43. The van der Waals surface area contributed by atoms with E-state index < -0.39 is 5.41 Å². The zero-order chi connectivity index (χ0) is 27.5. The van der Waals surface area contributed by atoms with E-state index in [4.69, 9.17) is 15.7 Å². The lowest BCUT2D eigenvalue weighted by molar-refractivity contribution is -0.142. The molecule has 2 amide bonds. The van der Waals surface area contributed by atoms with E-state index in [1.807, 2.05) is 42.8 Å². The van der Waals surface area contributed by atoms with Gasteiger partial charge in [-0.3, -0.25) is 9.59 Å². The van der Waals surface area contributed by atoms with Gasteiger partial charge in [-0.1, -0.05) is 0 Å². The van der Waals surface area contributed by atoms with E-state index >= 15 is 0 Å². The van der Waals surface area contributed by atoms with Crippen LogP contribution in [0.5, 0.6) is 0 Å². The van der Waals surface area contributed by atoms with Crippen molar-refractivity contribution in [1.82, 2.24) is 24.7 Å². The highest BCUT2D eigenvalue weighted by Gasteiger charge is 2.55. The maximum atomic E-state index is 14.3. The Morgan fingerprint density at radius 3 is 2.72 bits per heavy atom. The minimum Gasteiger partial charge on any atom is -0.399 e. The summed E-state index contributed by atoms with van der Waals surface area (Å²) in [7, 11) is 2.05. The number of nitriles is 1. The number of amides is 2. The van der Waals surface area contributed by atoms with Gasteiger partial charge in [0.25, 0.3) is 0 Å². The Morgan fingerprint density at radius 1 is 1.23 bits per heavy atom. The van der Waals surface area contributed by atoms with Gasteiger partial charge < -0.3 is 25.8 Å². The van der Waals surface area contributed by atoms with Gasteiger partial charge in [0.15, 0.2) is 0 Å². The molecule has 3 fully saturated rings. The van der Waals surface area contributed by atoms with Crippen LogP contribution >= 0.6 is 0 Å². The maximum absolute atomic E-state index is 14.3. The lowest BCUT2D eigenvalue weighted by atomic mass is 9.76. The van der Waals surface area contributed by atoms with Gasteiger partial charge in [0, 0.05) is 36.8 Å². The number of nitrogens with zero attached hydrogens (tertiary/aromatic N) is 6. The first kappa shape index (κ1) is 25.6. The molecule has 1 unspecified atom stereocenters. The summed E-state index contributed by atoms with van der Waals surface area (Å²) in [6.45, 7) is 7.01. The van der Waals surface area contributed by atoms with Crippen LogP contribution in [0.15, 0.2) is 18.2 Å². The highest BCUT2D eigenvalue weighted by molar-refractivity contribution is 5.91. The van der Waals surface area contributed by atoms with Gasteiger partial charge >= 0.3 is 0 Å². The number of nitrogen functional groups attached to an aromatic ring is 1. The van der Waals surface area contributed by atoms with Gasteiger partial charge in [-0.2, -0.15) is 5.26 Å². The number of fused-ring (bicyclic) bond motifs is 2. The number of aromatic nitrogens is 2. The zero-order valence-corrected chi connectivity index (χ0v) is 22.9. The summed E-state index contributed by atoms with van der Waals surface area (Å²) >= 11 is 0. The summed E-state index contributed by atoms with van der Waals surface area (Å²) in [5.41, 5.74) is 9.05. The third-order valence-electron chi connectivity index (χ3n) is 8.83. The molecule has 1 aliphatic carbocycles. The number of nitrogens with one attached hydrogen (secondary N) is 1. The average Bonchev–Trinajstić information content (AvgIpc) is 3.51. The predicted octanol–water partition coefficient (Wildman–Crippen LogP) is 2.34. The molecule has 3 atom stereocenters.